The molecule has 28 heavy (non-hydrogen) atoms. The minimum Gasteiger partial charge on any atom is -0.383 e. The maximum Gasteiger partial charge on any atom is 0.246 e. The summed E-state index contributed by atoms with van der Waals surface area (Å²) in [5.41, 5.74) is 2.56. The van der Waals surface area contributed by atoms with E-state index in [2.05, 4.69) is 5.32 Å². The minimum atomic E-state index is -4.11. The summed E-state index contributed by atoms with van der Waals surface area (Å²) in [5.74, 6) is -0.475. The summed E-state index contributed by atoms with van der Waals surface area (Å²) in [7, 11) is -2.66. The van der Waals surface area contributed by atoms with Crippen LogP contribution in [-0.2, 0) is 19.6 Å². The highest BCUT2D eigenvalue weighted by Gasteiger charge is 2.30. The number of ether oxygens (including phenoxy) is 1. The highest BCUT2D eigenvalue weighted by Crippen LogP contribution is 2.31. The van der Waals surface area contributed by atoms with Crippen LogP contribution in [0.2, 0.25) is 10.0 Å². The number of carbonyl (C=O) groups excluding carboxylic acids is 1. The van der Waals surface area contributed by atoms with E-state index in [-0.39, 0.29) is 28.1 Å². The second-order valence-electron chi connectivity index (χ2n) is 6.18. The van der Waals surface area contributed by atoms with Crippen molar-refractivity contribution in [1.29, 1.82) is 0 Å². The van der Waals surface area contributed by atoms with E-state index >= 15 is 0 Å². The number of amides is 1. The van der Waals surface area contributed by atoms with Crippen LogP contribution in [0.4, 0.5) is 5.69 Å². The molecular formula is C19H22Cl2N2O4S. The average molecular weight is 445 g/mol. The predicted octanol–water partition coefficient (Wildman–Crippen LogP) is 3.89. The van der Waals surface area contributed by atoms with Crippen molar-refractivity contribution in [3.63, 3.8) is 0 Å². The van der Waals surface area contributed by atoms with Gasteiger partial charge in [-0.25, -0.2) is 8.42 Å². The molecular weight excluding hydrogens is 423 g/mol. The van der Waals surface area contributed by atoms with Crippen molar-refractivity contribution < 1.29 is 17.9 Å². The number of nitrogens with one attached hydrogen (secondary N) is 1. The van der Waals surface area contributed by atoms with Crippen LogP contribution < -0.4 is 5.32 Å². The number of hydrogen-bond acceptors (Lipinski definition) is 4. The number of halogens is 2. The smallest absolute Gasteiger partial charge is 0.246 e. The van der Waals surface area contributed by atoms with Gasteiger partial charge in [-0.2, -0.15) is 4.31 Å². The van der Waals surface area contributed by atoms with Crippen molar-refractivity contribution in [3.8, 4) is 0 Å². The Morgan fingerprint density at radius 3 is 2.32 bits per heavy atom. The second-order valence-corrected chi connectivity index (χ2v) is 8.87. The number of anilines is 1. The first kappa shape index (κ1) is 22.6. The SMILES string of the molecule is COCCN(CC(=O)Nc1cccc(C)c1C)S(=O)(=O)c1c(Cl)cccc1Cl. The highest BCUT2D eigenvalue weighted by molar-refractivity contribution is 7.89. The Morgan fingerprint density at radius 1 is 1.11 bits per heavy atom. The molecule has 2 aromatic rings. The molecule has 0 saturated heterocycles. The maximum atomic E-state index is 13.1. The molecule has 152 valence electrons. The van der Waals surface area contributed by atoms with Crippen molar-refractivity contribution in [2.75, 3.05) is 32.1 Å². The zero-order chi connectivity index (χ0) is 20.9. The predicted molar refractivity (Wildman–Crippen MR) is 112 cm³/mol. The number of benzene rings is 2. The fraction of sp³-hybridized carbons (Fsp3) is 0.316. The Kier molecular flexibility index (Phi) is 7.86. The van der Waals surface area contributed by atoms with Gasteiger partial charge in [-0.15, -0.1) is 0 Å². The molecule has 2 rings (SSSR count). The molecule has 0 heterocycles. The number of aryl methyl sites for hydroxylation is 1. The third kappa shape index (κ3) is 5.24. The Balaban J connectivity index is 2.30. The zero-order valence-electron chi connectivity index (χ0n) is 15.8. The van der Waals surface area contributed by atoms with Gasteiger partial charge in [-0.05, 0) is 43.2 Å². The number of carbonyl (C=O) groups is 1. The van der Waals surface area contributed by atoms with Gasteiger partial charge < -0.3 is 10.1 Å². The third-order valence-corrected chi connectivity index (χ3v) is 7.06. The Morgan fingerprint density at radius 2 is 1.71 bits per heavy atom. The van der Waals surface area contributed by atoms with Crippen LogP contribution >= 0.6 is 23.2 Å². The lowest BCUT2D eigenvalue weighted by atomic mass is 10.1. The lowest BCUT2D eigenvalue weighted by Gasteiger charge is -2.23. The molecule has 2 aromatic carbocycles. The maximum absolute atomic E-state index is 13.1. The summed E-state index contributed by atoms with van der Waals surface area (Å²) in [4.78, 5) is 12.3. The normalized spacial score (nSPS) is 11.6. The van der Waals surface area contributed by atoms with Crippen molar-refractivity contribution in [1.82, 2.24) is 4.31 Å². The van der Waals surface area contributed by atoms with Crippen LogP contribution in [0, 0.1) is 13.8 Å². The molecule has 0 spiro atoms. The molecule has 0 bridgehead atoms. The van der Waals surface area contributed by atoms with Crippen LogP contribution in [0.15, 0.2) is 41.3 Å². The molecule has 0 atom stereocenters. The molecule has 6 nitrogen and oxygen atoms in total. The summed E-state index contributed by atoms with van der Waals surface area (Å²) in [6.45, 7) is 3.49. The van der Waals surface area contributed by atoms with E-state index in [1.165, 1.54) is 19.2 Å². The van der Waals surface area contributed by atoms with E-state index < -0.39 is 22.5 Å². The molecule has 9 heteroatoms. The fourth-order valence-electron chi connectivity index (χ4n) is 2.57. The van der Waals surface area contributed by atoms with Gasteiger partial charge in [-0.3, -0.25) is 4.79 Å². The Labute approximate surface area is 175 Å². The van der Waals surface area contributed by atoms with Crippen LogP contribution in [0.1, 0.15) is 11.1 Å². The Bertz CT molecular complexity index is 944. The van der Waals surface area contributed by atoms with Gasteiger partial charge in [0.05, 0.1) is 23.2 Å². The van der Waals surface area contributed by atoms with Crippen molar-refractivity contribution in [2.24, 2.45) is 0 Å². The summed E-state index contributed by atoms with van der Waals surface area (Å²) in [6.07, 6.45) is 0. The van der Waals surface area contributed by atoms with Gasteiger partial charge in [0.2, 0.25) is 15.9 Å². The summed E-state index contributed by atoms with van der Waals surface area (Å²) in [5, 5.41) is 2.74. The monoisotopic (exact) mass is 444 g/mol. The number of rotatable bonds is 8. The van der Waals surface area contributed by atoms with Gasteiger partial charge in [0.15, 0.2) is 0 Å². The van der Waals surface area contributed by atoms with Gasteiger partial charge in [-0.1, -0.05) is 41.4 Å². The molecule has 0 aliphatic carbocycles. The second kappa shape index (κ2) is 9.71. The van der Waals surface area contributed by atoms with Crippen molar-refractivity contribution >= 4 is 44.8 Å². The standard InChI is InChI=1S/C19H22Cl2N2O4S/c1-13-6-4-9-17(14(13)2)22-18(24)12-23(10-11-27-3)28(25,26)19-15(20)7-5-8-16(19)21/h4-9H,10-12H2,1-3H3,(H,22,24). The van der Waals surface area contributed by atoms with E-state index in [1.54, 1.807) is 12.1 Å². The quantitative estimate of drug-likeness (QED) is 0.669. The van der Waals surface area contributed by atoms with Gasteiger partial charge >= 0.3 is 0 Å². The first-order valence-electron chi connectivity index (χ1n) is 8.47. The van der Waals surface area contributed by atoms with E-state index in [1.807, 2.05) is 26.0 Å². The molecule has 0 aliphatic rings. The summed E-state index contributed by atoms with van der Waals surface area (Å²) < 4.78 is 32.2. The van der Waals surface area contributed by atoms with Gasteiger partial charge in [0, 0.05) is 19.3 Å². The highest BCUT2D eigenvalue weighted by atomic mass is 35.5. The minimum absolute atomic E-state index is 0.00939. The Hall–Kier alpha value is -1.64. The third-order valence-electron chi connectivity index (χ3n) is 4.26. The van der Waals surface area contributed by atoms with Crippen molar-refractivity contribution in [3.05, 3.63) is 57.6 Å². The van der Waals surface area contributed by atoms with E-state index in [0.29, 0.717) is 5.69 Å². The van der Waals surface area contributed by atoms with E-state index in [4.69, 9.17) is 27.9 Å². The largest absolute Gasteiger partial charge is 0.383 e. The molecule has 0 unspecified atom stereocenters. The number of methoxy groups -OCH3 is 1. The van der Waals surface area contributed by atoms with Crippen LogP contribution in [0.3, 0.4) is 0 Å². The van der Waals surface area contributed by atoms with Crippen LogP contribution in [0.25, 0.3) is 0 Å². The van der Waals surface area contributed by atoms with Gasteiger partial charge in [0.1, 0.15) is 4.90 Å². The fourth-order valence-corrected chi connectivity index (χ4v) is 5.04. The first-order valence-corrected chi connectivity index (χ1v) is 10.7. The lowest BCUT2D eigenvalue weighted by molar-refractivity contribution is -0.116. The molecule has 0 aromatic heterocycles. The number of sulfonamides is 1. The average Bonchev–Trinajstić information content (AvgIpc) is 2.62. The number of nitrogens with zero attached hydrogens (tertiary/aromatic N) is 1. The van der Waals surface area contributed by atoms with E-state index in [9.17, 15) is 13.2 Å². The summed E-state index contributed by atoms with van der Waals surface area (Å²) >= 11 is 12.1. The van der Waals surface area contributed by atoms with E-state index in [0.717, 1.165) is 15.4 Å². The molecule has 1 amide bonds. The molecule has 0 radical (unpaired) electrons. The lowest BCUT2D eigenvalue weighted by Crippen LogP contribution is -2.40. The summed E-state index contributed by atoms with van der Waals surface area (Å²) in [6, 6.07) is 9.94. The van der Waals surface area contributed by atoms with Gasteiger partial charge in [0.25, 0.3) is 0 Å². The van der Waals surface area contributed by atoms with Crippen molar-refractivity contribution in [2.45, 2.75) is 18.7 Å². The molecule has 0 aliphatic heterocycles. The zero-order valence-corrected chi connectivity index (χ0v) is 18.2. The first-order chi connectivity index (χ1) is 13.2. The topological polar surface area (TPSA) is 75.7 Å². The van der Waals surface area contributed by atoms with Crippen LogP contribution in [0.5, 0.6) is 0 Å². The molecule has 0 fully saturated rings. The number of hydrogen-bond donors (Lipinski definition) is 1. The molecule has 1 N–H and O–H groups in total. The molecule has 0 saturated carbocycles. The van der Waals surface area contributed by atoms with Crippen LogP contribution in [-0.4, -0.2) is 45.4 Å².